The van der Waals surface area contributed by atoms with Gasteiger partial charge in [0, 0.05) is 23.1 Å². The standard InChI is InChI=1S/C25H23F2N3O7/c1-3-33-19-10-14(8-9-18(19)36-24(26)27)23-30-20(21(37-23)13(2)35-25(28)32)22(31)29-11-15-12-34-17-7-5-4-6-16(15)17/h4-10,12-13,24H,3,11H2,1-2H3,(H2,28,32)(H,29,31). The molecule has 2 heterocycles. The first-order valence-corrected chi connectivity index (χ1v) is 11.2. The van der Waals surface area contributed by atoms with Gasteiger partial charge in [0.1, 0.15) is 5.58 Å². The summed E-state index contributed by atoms with van der Waals surface area (Å²) in [6.45, 7) is 0.390. The van der Waals surface area contributed by atoms with E-state index in [1.54, 1.807) is 13.0 Å². The fourth-order valence-electron chi connectivity index (χ4n) is 3.65. The number of halogens is 2. The Morgan fingerprint density at radius 2 is 1.95 bits per heavy atom. The smallest absolute Gasteiger partial charge is 0.405 e. The van der Waals surface area contributed by atoms with Crippen LogP contribution in [0, 0.1) is 0 Å². The Labute approximate surface area is 209 Å². The fourth-order valence-corrected chi connectivity index (χ4v) is 3.65. The maximum atomic E-state index is 13.1. The van der Waals surface area contributed by atoms with Gasteiger partial charge in [-0.05, 0) is 38.1 Å². The number of nitrogens with two attached hydrogens (primary N) is 1. The fraction of sp³-hybridized carbons (Fsp3) is 0.240. The van der Waals surface area contributed by atoms with Gasteiger partial charge in [-0.15, -0.1) is 0 Å². The van der Waals surface area contributed by atoms with Crippen LogP contribution >= 0.6 is 0 Å². The molecule has 4 rings (SSSR count). The van der Waals surface area contributed by atoms with Gasteiger partial charge in [-0.2, -0.15) is 8.78 Å². The number of aromatic nitrogens is 1. The van der Waals surface area contributed by atoms with Crippen molar-refractivity contribution in [2.45, 2.75) is 33.1 Å². The highest BCUT2D eigenvalue weighted by Crippen LogP contribution is 2.35. The molecular weight excluding hydrogens is 492 g/mol. The van der Waals surface area contributed by atoms with Crippen molar-refractivity contribution in [1.29, 1.82) is 0 Å². The molecule has 1 unspecified atom stereocenters. The van der Waals surface area contributed by atoms with Crippen molar-refractivity contribution in [3.05, 3.63) is 65.7 Å². The van der Waals surface area contributed by atoms with E-state index >= 15 is 0 Å². The van der Waals surface area contributed by atoms with Crippen molar-refractivity contribution in [3.8, 4) is 23.0 Å². The number of furan rings is 1. The summed E-state index contributed by atoms with van der Waals surface area (Å²) >= 11 is 0. The Morgan fingerprint density at radius 1 is 1.16 bits per heavy atom. The number of ether oxygens (including phenoxy) is 3. The highest BCUT2D eigenvalue weighted by molar-refractivity contribution is 5.94. The minimum atomic E-state index is -3.05. The van der Waals surface area contributed by atoms with Gasteiger partial charge >= 0.3 is 12.7 Å². The third-order valence-electron chi connectivity index (χ3n) is 5.24. The Hall–Kier alpha value is -4.61. The normalized spacial score (nSPS) is 11.9. The molecule has 2 aromatic heterocycles. The van der Waals surface area contributed by atoms with Crippen molar-refractivity contribution < 1.29 is 41.4 Å². The molecule has 0 saturated heterocycles. The Kier molecular flexibility index (Phi) is 7.56. The topological polar surface area (TPSA) is 139 Å². The van der Waals surface area contributed by atoms with Gasteiger partial charge in [0.2, 0.25) is 5.89 Å². The first-order chi connectivity index (χ1) is 17.8. The summed E-state index contributed by atoms with van der Waals surface area (Å²) in [5.41, 5.74) is 6.70. The number of para-hydroxylation sites is 1. The second-order valence-electron chi connectivity index (χ2n) is 7.72. The molecule has 1 atom stereocenters. The van der Waals surface area contributed by atoms with E-state index in [1.807, 2.05) is 18.2 Å². The van der Waals surface area contributed by atoms with E-state index in [1.165, 1.54) is 31.4 Å². The number of hydrogen-bond donors (Lipinski definition) is 2. The zero-order valence-electron chi connectivity index (χ0n) is 19.8. The van der Waals surface area contributed by atoms with Gasteiger partial charge in [0.05, 0.1) is 12.9 Å². The minimum absolute atomic E-state index is 0.0271. The number of primary amides is 1. The summed E-state index contributed by atoms with van der Waals surface area (Å²) in [6, 6.07) is 11.4. The van der Waals surface area contributed by atoms with Crippen LogP contribution in [0.15, 0.2) is 57.6 Å². The lowest BCUT2D eigenvalue weighted by Gasteiger charge is -2.12. The Balaban J connectivity index is 1.65. The molecule has 0 aliphatic heterocycles. The molecular formula is C25H23F2N3O7. The molecule has 0 fully saturated rings. The van der Waals surface area contributed by atoms with Crippen LogP contribution in [0.2, 0.25) is 0 Å². The highest BCUT2D eigenvalue weighted by atomic mass is 19.3. The van der Waals surface area contributed by atoms with E-state index in [0.29, 0.717) is 11.1 Å². The molecule has 0 aliphatic carbocycles. The SMILES string of the molecule is CCOc1cc(-c2nc(C(=O)NCc3coc4ccccc34)c(C(C)OC(N)=O)o2)ccc1OC(F)F. The molecule has 10 nitrogen and oxygen atoms in total. The Bertz CT molecular complexity index is 1420. The van der Waals surface area contributed by atoms with Gasteiger partial charge in [0.15, 0.2) is 29.1 Å². The van der Waals surface area contributed by atoms with Crippen molar-refractivity contribution in [2.75, 3.05) is 6.61 Å². The molecule has 3 N–H and O–H groups in total. The first-order valence-electron chi connectivity index (χ1n) is 11.2. The van der Waals surface area contributed by atoms with Crippen LogP contribution in [0.3, 0.4) is 0 Å². The summed E-state index contributed by atoms with van der Waals surface area (Å²) in [4.78, 5) is 28.7. The minimum Gasteiger partial charge on any atom is -0.490 e. The van der Waals surface area contributed by atoms with Gasteiger partial charge in [-0.3, -0.25) is 4.79 Å². The van der Waals surface area contributed by atoms with Crippen molar-refractivity contribution in [1.82, 2.24) is 10.3 Å². The molecule has 194 valence electrons. The van der Waals surface area contributed by atoms with Crippen LogP contribution in [-0.2, 0) is 11.3 Å². The van der Waals surface area contributed by atoms with Crippen LogP contribution in [0.4, 0.5) is 13.6 Å². The number of fused-ring (bicyclic) bond motifs is 1. The zero-order valence-corrected chi connectivity index (χ0v) is 19.8. The monoisotopic (exact) mass is 515 g/mol. The van der Waals surface area contributed by atoms with Crippen LogP contribution < -0.4 is 20.5 Å². The van der Waals surface area contributed by atoms with E-state index in [-0.39, 0.29) is 42.0 Å². The molecule has 4 aromatic rings. The van der Waals surface area contributed by atoms with E-state index in [2.05, 4.69) is 15.0 Å². The second-order valence-corrected chi connectivity index (χ2v) is 7.72. The number of nitrogens with zero attached hydrogens (tertiary/aromatic N) is 1. The third-order valence-corrected chi connectivity index (χ3v) is 5.24. The molecule has 0 aliphatic rings. The quantitative estimate of drug-likeness (QED) is 0.295. The zero-order chi connectivity index (χ0) is 26.5. The predicted molar refractivity (Wildman–Crippen MR) is 126 cm³/mol. The molecule has 0 saturated carbocycles. The summed E-state index contributed by atoms with van der Waals surface area (Å²) in [5, 5.41) is 3.58. The van der Waals surface area contributed by atoms with E-state index < -0.39 is 24.7 Å². The van der Waals surface area contributed by atoms with Crippen LogP contribution in [0.1, 0.15) is 41.8 Å². The van der Waals surface area contributed by atoms with Crippen LogP contribution in [0.5, 0.6) is 11.5 Å². The molecule has 2 amide bonds. The van der Waals surface area contributed by atoms with Gasteiger partial charge in [0.25, 0.3) is 5.91 Å². The number of carbonyl (C=O) groups excluding carboxylic acids is 2. The van der Waals surface area contributed by atoms with Crippen LogP contribution in [0.25, 0.3) is 22.4 Å². The number of carbonyl (C=O) groups is 2. The second kappa shape index (κ2) is 11.0. The maximum absolute atomic E-state index is 13.1. The van der Waals surface area contributed by atoms with Gasteiger partial charge in [-0.1, -0.05) is 18.2 Å². The van der Waals surface area contributed by atoms with Gasteiger partial charge < -0.3 is 34.1 Å². The average Bonchev–Trinajstić information content (AvgIpc) is 3.48. The van der Waals surface area contributed by atoms with E-state index in [9.17, 15) is 18.4 Å². The molecule has 37 heavy (non-hydrogen) atoms. The highest BCUT2D eigenvalue weighted by Gasteiger charge is 2.27. The molecule has 0 bridgehead atoms. The average molecular weight is 515 g/mol. The summed E-state index contributed by atoms with van der Waals surface area (Å²) < 4.78 is 51.6. The van der Waals surface area contributed by atoms with Crippen molar-refractivity contribution in [2.24, 2.45) is 5.73 Å². The number of nitrogens with one attached hydrogen (secondary N) is 1. The number of oxazole rings is 1. The molecule has 2 aromatic carbocycles. The summed E-state index contributed by atoms with van der Waals surface area (Å²) in [5.74, 6) is -0.868. The lowest BCUT2D eigenvalue weighted by atomic mass is 10.1. The maximum Gasteiger partial charge on any atom is 0.405 e. The summed E-state index contributed by atoms with van der Waals surface area (Å²) in [7, 11) is 0. The number of rotatable bonds is 10. The lowest BCUT2D eigenvalue weighted by Crippen LogP contribution is -2.25. The Morgan fingerprint density at radius 3 is 2.68 bits per heavy atom. The molecule has 0 spiro atoms. The first kappa shape index (κ1) is 25.5. The number of amides is 2. The van der Waals surface area contributed by atoms with Crippen molar-refractivity contribution in [3.63, 3.8) is 0 Å². The lowest BCUT2D eigenvalue weighted by molar-refractivity contribution is -0.0514. The number of hydrogen-bond acceptors (Lipinski definition) is 8. The molecule has 12 heteroatoms. The largest absolute Gasteiger partial charge is 0.490 e. The van der Waals surface area contributed by atoms with Gasteiger partial charge in [-0.25, -0.2) is 9.78 Å². The van der Waals surface area contributed by atoms with Crippen molar-refractivity contribution >= 4 is 23.0 Å². The summed E-state index contributed by atoms with van der Waals surface area (Å²) in [6.07, 6.45) is -0.590. The third kappa shape index (κ3) is 5.80. The molecule has 0 radical (unpaired) electrons. The predicted octanol–water partition coefficient (Wildman–Crippen LogP) is 5.17. The number of benzene rings is 2. The van der Waals surface area contributed by atoms with Crippen LogP contribution in [-0.4, -0.2) is 30.2 Å². The van der Waals surface area contributed by atoms with E-state index in [4.69, 9.17) is 24.0 Å². The number of alkyl halides is 2. The van der Waals surface area contributed by atoms with E-state index in [0.717, 1.165) is 10.9 Å².